The molecule has 0 aromatic heterocycles. The standard InChI is InChI=1S/C24H25ClN2O7/c1-32-22(33-2)14-26(20(28)12-15-4-8-17(25)9-5-15)19-13-21(29)27(23(19)30)18-10-6-16(7-11-18)24(31)34-3/h4-11,19,22H,12-14H2,1-3H3. The third-order valence-corrected chi connectivity index (χ3v) is 5.76. The summed E-state index contributed by atoms with van der Waals surface area (Å²) in [6, 6.07) is 11.7. The van der Waals surface area contributed by atoms with Gasteiger partial charge in [0.2, 0.25) is 11.8 Å². The fourth-order valence-electron chi connectivity index (χ4n) is 3.68. The lowest BCUT2D eigenvalue weighted by molar-refractivity contribution is -0.152. The number of anilines is 1. The van der Waals surface area contributed by atoms with E-state index in [0.717, 1.165) is 4.90 Å². The van der Waals surface area contributed by atoms with Gasteiger partial charge in [0, 0.05) is 19.2 Å². The predicted molar refractivity (Wildman–Crippen MR) is 123 cm³/mol. The summed E-state index contributed by atoms with van der Waals surface area (Å²) < 4.78 is 15.1. The van der Waals surface area contributed by atoms with Crippen molar-refractivity contribution in [1.82, 2.24) is 4.90 Å². The van der Waals surface area contributed by atoms with Crippen molar-refractivity contribution in [2.45, 2.75) is 25.2 Å². The van der Waals surface area contributed by atoms with Crippen molar-refractivity contribution in [1.29, 1.82) is 0 Å². The highest BCUT2D eigenvalue weighted by Gasteiger charge is 2.45. The van der Waals surface area contributed by atoms with Gasteiger partial charge in [-0.05, 0) is 42.0 Å². The van der Waals surface area contributed by atoms with E-state index in [1.54, 1.807) is 24.3 Å². The third-order valence-electron chi connectivity index (χ3n) is 5.51. The Morgan fingerprint density at radius 1 is 1.03 bits per heavy atom. The second-order valence-electron chi connectivity index (χ2n) is 7.58. The zero-order chi connectivity index (χ0) is 24.8. The molecule has 9 nitrogen and oxygen atoms in total. The average molecular weight is 489 g/mol. The van der Waals surface area contributed by atoms with Crippen LogP contribution in [0, 0.1) is 0 Å². The van der Waals surface area contributed by atoms with Crippen molar-refractivity contribution < 1.29 is 33.4 Å². The highest BCUT2D eigenvalue weighted by atomic mass is 35.5. The molecule has 2 aromatic carbocycles. The van der Waals surface area contributed by atoms with E-state index in [1.165, 1.54) is 50.5 Å². The highest BCUT2D eigenvalue weighted by Crippen LogP contribution is 2.27. The fourth-order valence-corrected chi connectivity index (χ4v) is 3.81. The van der Waals surface area contributed by atoms with E-state index in [2.05, 4.69) is 4.74 Å². The van der Waals surface area contributed by atoms with Gasteiger partial charge in [0.15, 0.2) is 6.29 Å². The van der Waals surface area contributed by atoms with E-state index in [9.17, 15) is 19.2 Å². The fraction of sp³-hybridized carbons (Fsp3) is 0.333. The van der Waals surface area contributed by atoms with Gasteiger partial charge in [-0.25, -0.2) is 9.69 Å². The van der Waals surface area contributed by atoms with E-state index >= 15 is 0 Å². The van der Waals surface area contributed by atoms with Crippen LogP contribution in [0.3, 0.4) is 0 Å². The van der Waals surface area contributed by atoms with Gasteiger partial charge in [-0.3, -0.25) is 14.4 Å². The monoisotopic (exact) mass is 488 g/mol. The van der Waals surface area contributed by atoms with Crippen molar-refractivity contribution >= 4 is 41.0 Å². The quantitative estimate of drug-likeness (QED) is 0.303. The number of hydrogen-bond donors (Lipinski definition) is 0. The van der Waals surface area contributed by atoms with Gasteiger partial charge in [0.1, 0.15) is 6.04 Å². The average Bonchev–Trinajstić information content (AvgIpc) is 3.14. The van der Waals surface area contributed by atoms with Crippen LogP contribution in [-0.2, 0) is 35.0 Å². The number of halogens is 1. The Kier molecular flexibility index (Phi) is 8.38. The van der Waals surface area contributed by atoms with E-state index in [-0.39, 0.29) is 30.9 Å². The molecule has 1 aliphatic heterocycles. The lowest BCUT2D eigenvalue weighted by atomic mass is 10.1. The maximum Gasteiger partial charge on any atom is 0.337 e. The van der Waals surface area contributed by atoms with Gasteiger partial charge in [-0.1, -0.05) is 23.7 Å². The summed E-state index contributed by atoms with van der Waals surface area (Å²) in [7, 11) is 4.11. The molecule has 1 aliphatic rings. The SMILES string of the molecule is COC(=O)c1ccc(N2C(=O)CC(N(CC(OC)OC)C(=O)Cc3ccc(Cl)cc3)C2=O)cc1. The number of imide groups is 1. The van der Waals surface area contributed by atoms with Crippen LogP contribution < -0.4 is 4.90 Å². The molecule has 0 spiro atoms. The molecule has 1 saturated heterocycles. The molecule has 34 heavy (non-hydrogen) atoms. The van der Waals surface area contributed by atoms with Gasteiger partial charge in [-0.15, -0.1) is 0 Å². The van der Waals surface area contributed by atoms with Crippen molar-refractivity contribution in [3.05, 3.63) is 64.7 Å². The first-order valence-electron chi connectivity index (χ1n) is 10.4. The molecule has 2 aromatic rings. The Balaban J connectivity index is 1.85. The predicted octanol–water partition coefficient (Wildman–Crippen LogP) is 2.45. The number of hydrogen-bond acceptors (Lipinski definition) is 7. The van der Waals surface area contributed by atoms with Crippen LogP contribution in [-0.4, -0.2) is 68.8 Å². The van der Waals surface area contributed by atoms with Crippen LogP contribution in [0.15, 0.2) is 48.5 Å². The Labute approximate surface area is 202 Å². The maximum absolute atomic E-state index is 13.3. The zero-order valence-corrected chi connectivity index (χ0v) is 19.8. The first-order valence-corrected chi connectivity index (χ1v) is 10.8. The minimum absolute atomic E-state index is 0.00309. The number of rotatable bonds is 9. The number of benzene rings is 2. The number of carbonyl (C=O) groups excluding carboxylic acids is 4. The molecule has 180 valence electrons. The molecule has 0 aliphatic carbocycles. The van der Waals surface area contributed by atoms with Crippen LogP contribution in [0.1, 0.15) is 22.3 Å². The van der Waals surface area contributed by atoms with E-state index in [1.807, 2.05) is 0 Å². The van der Waals surface area contributed by atoms with Gasteiger partial charge in [-0.2, -0.15) is 0 Å². The second-order valence-corrected chi connectivity index (χ2v) is 8.01. The van der Waals surface area contributed by atoms with Crippen LogP contribution in [0.4, 0.5) is 5.69 Å². The summed E-state index contributed by atoms with van der Waals surface area (Å²) in [6.45, 7) is -0.0434. The van der Waals surface area contributed by atoms with Gasteiger partial charge in [0.25, 0.3) is 5.91 Å². The molecule has 1 unspecified atom stereocenters. The molecular formula is C24H25ClN2O7. The minimum atomic E-state index is -1.03. The first-order chi connectivity index (χ1) is 16.3. The van der Waals surface area contributed by atoms with E-state index < -0.39 is 30.1 Å². The van der Waals surface area contributed by atoms with Gasteiger partial charge >= 0.3 is 5.97 Å². The molecule has 3 rings (SSSR count). The zero-order valence-electron chi connectivity index (χ0n) is 19.0. The molecule has 3 amide bonds. The normalized spacial score (nSPS) is 15.7. The largest absolute Gasteiger partial charge is 0.465 e. The number of esters is 1. The summed E-state index contributed by atoms with van der Waals surface area (Å²) in [5, 5.41) is 0.539. The van der Waals surface area contributed by atoms with Gasteiger partial charge < -0.3 is 19.1 Å². The van der Waals surface area contributed by atoms with Crippen molar-refractivity contribution in [2.24, 2.45) is 0 Å². The van der Waals surface area contributed by atoms with Crippen LogP contribution >= 0.6 is 11.6 Å². The molecule has 0 saturated carbocycles. The first kappa shape index (κ1) is 25.4. The molecule has 1 atom stereocenters. The van der Waals surface area contributed by atoms with Crippen LogP contribution in [0.2, 0.25) is 5.02 Å². The number of carbonyl (C=O) groups is 4. The topological polar surface area (TPSA) is 102 Å². The lowest BCUT2D eigenvalue weighted by Gasteiger charge is -2.30. The molecule has 10 heteroatoms. The molecular weight excluding hydrogens is 464 g/mol. The Morgan fingerprint density at radius 3 is 2.21 bits per heavy atom. The third kappa shape index (κ3) is 5.61. The molecule has 1 heterocycles. The minimum Gasteiger partial charge on any atom is -0.465 e. The van der Waals surface area contributed by atoms with E-state index in [4.69, 9.17) is 21.1 Å². The maximum atomic E-state index is 13.3. The smallest absolute Gasteiger partial charge is 0.337 e. The second kappa shape index (κ2) is 11.2. The van der Waals surface area contributed by atoms with Crippen LogP contribution in [0.25, 0.3) is 0 Å². The molecule has 0 radical (unpaired) electrons. The Morgan fingerprint density at radius 2 is 1.65 bits per heavy atom. The van der Waals surface area contributed by atoms with Crippen LogP contribution in [0.5, 0.6) is 0 Å². The Bertz CT molecular complexity index is 1050. The summed E-state index contributed by atoms with van der Waals surface area (Å²) in [5.74, 6) is -1.91. The molecule has 1 fully saturated rings. The lowest BCUT2D eigenvalue weighted by Crippen LogP contribution is -2.49. The summed E-state index contributed by atoms with van der Waals surface area (Å²) >= 11 is 5.92. The Hall–Kier alpha value is -3.27. The number of nitrogens with zero attached hydrogens (tertiary/aromatic N) is 2. The van der Waals surface area contributed by atoms with Crippen molar-refractivity contribution in [3.8, 4) is 0 Å². The van der Waals surface area contributed by atoms with Gasteiger partial charge in [0.05, 0.1) is 37.7 Å². The van der Waals surface area contributed by atoms with Crippen molar-refractivity contribution in [3.63, 3.8) is 0 Å². The number of ether oxygens (including phenoxy) is 3. The number of amides is 3. The number of methoxy groups -OCH3 is 3. The summed E-state index contributed by atoms with van der Waals surface area (Å²) in [5.41, 5.74) is 1.28. The van der Waals surface area contributed by atoms with E-state index in [0.29, 0.717) is 16.3 Å². The molecule has 0 bridgehead atoms. The summed E-state index contributed by atoms with van der Waals surface area (Å²) in [6.07, 6.45) is -0.974. The van der Waals surface area contributed by atoms with Crippen molar-refractivity contribution in [2.75, 3.05) is 32.8 Å². The molecule has 0 N–H and O–H groups in total. The summed E-state index contributed by atoms with van der Waals surface area (Å²) in [4.78, 5) is 53.4. The highest BCUT2D eigenvalue weighted by molar-refractivity contribution is 6.30.